The number of rotatable bonds is 6. The number of benzene rings is 1. The third-order valence-electron chi connectivity index (χ3n) is 6.95. The number of nitrogens with zero attached hydrogens (tertiary/aromatic N) is 10. The van der Waals surface area contributed by atoms with Gasteiger partial charge < -0.3 is 26.2 Å². The molecule has 1 aromatic carbocycles. The van der Waals surface area contributed by atoms with Crippen LogP contribution in [0.15, 0.2) is 82.3 Å². The van der Waals surface area contributed by atoms with E-state index in [2.05, 4.69) is 84.4 Å². The van der Waals surface area contributed by atoms with Gasteiger partial charge in [0.2, 0.25) is 0 Å². The van der Waals surface area contributed by atoms with Gasteiger partial charge in [-0.15, -0.1) is 10.2 Å². The van der Waals surface area contributed by atoms with E-state index in [1.807, 2.05) is 18.2 Å². The van der Waals surface area contributed by atoms with E-state index in [1.54, 1.807) is 24.4 Å². The molecule has 0 bridgehead atoms. The standard InChI is InChI=1S/C19H18BrF3N6O.C9H6BrF3N4O.CH4.K.H2N/c20-13-1-3-14(4-2-13)27-7-9-28(10-8-27)15-5-6-17(24-11-15)29-12-16(25-26-29)18(30)19(21,22)23;10-5-1-2-7(14-3-5)17-4-6(15-16-17)8(18)9(11,12)13;;;/h1-6,11-12,18,30H,7-10H2;1-4,8,18H;1H4;;1H2/q;;;+1;-1. The van der Waals surface area contributed by atoms with Crippen LogP contribution >= 0.6 is 31.9 Å². The van der Waals surface area contributed by atoms with Gasteiger partial charge in [-0.25, -0.2) is 19.3 Å². The van der Waals surface area contributed by atoms with Crippen LogP contribution in [0.2, 0.25) is 0 Å². The zero-order chi connectivity index (χ0) is 34.6. The monoisotopic (exact) mass is 875 g/mol. The third-order valence-corrected chi connectivity index (χ3v) is 7.95. The van der Waals surface area contributed by atoms with Crippen LogP contribution in [0, 0.1) is 0 Å². The summed E-state index contributed by atoms with van der Waals surface area (Å²) in [6.07, 6.45) is -9.76. The van der Waals surface area contributed by atoms with Crippen molar-refractivity contribution in [1.82, 2.24) is 40.0 Å². The molecule has 0 aliphatic carbocycles. The summed E-state index contributed by atoms with van der Waals surface area (Å²) in [4.78, 5) is 12.7. The minimum Gasteiger partial charge on any atom is -0.693 e. The average molecular weight is 878 g/mol. The number of halogens is 8. The molecule has 2 unspecified atom stereocenters. The van der Waals surface area contributed by atoms with Crippen molar-refractivity contribution >= 4 is 43.2 Å². The SMILES string of the molecule is C.OC(c1cn(-c2ccc(Br)cn2)nn1)C(F)(F)F.OC(c1cn(-c2ccc(N3CCN(c4ccc(Br)cc4)CC3)cn2)nn1)C(F)(F)F.[K+].[NH2-]. The maximum absolute atomic E-state index is 12.6. The molecule has 1 aliphatic rings. The molecule has 0 radical (unpaired) electrons. The Morgan fingerprint density at radius 1 is 0.608 bits per heavy atom. The molecule has 51 heavy (non-hydrogen) atoms. The van der Waals surface area contributed by atoms with Gasteiger partial charge in [-0.05, 0) is 64.5 Å². The van der Waals surface area contributed by atoms with Crippen molar-refractivity contribution in [2.45, 2.75) is 32.0 Å². The third kappa shape index (κ3) is 11.7. The summed E-state index contributed by atoms with van der Waals surface area (Å²) in [5, 5.41) is 32.1. The van der Waals surface area contributed by atoms with Crippen molar-refractivity contribution in [3.63, 3.8) is 0 Å². The molecule has 0 spiro atoms. The van der Waals surface area contributed by atoms with Gasteiger partial charge in [-0.2, -0.15) is 26.3 Å². The number of alkyl halides is 6. The zero-order valence-electron chi connectivity index (χ0n) is 25.9. The van der Waals surface area contributed by atoms with E-state index in [1.165, 1.54) is 11.9 Å². The van der Waals surface area contributed by atoms with Gasteiger partial charge in [-0.3, -0.25) is 0 Å². The van der Waals surface area contributed by atoms with Crippen LogP contribution in [0.4, 0.5) is 37.7 Å². The number of aromatic nitrogens is 8. The van der Waals surface area contributed by atoms with Crippen LogP contribution < -0.4 is 61.2 Å². The Hall–Kier alpha value is -2.54. The number of aliphatic hydroxyl groups is 2. The predicted octanol–water partition coefficient (Wildman–Crippen LogP) is 3.72. The Bertz CT molecular complexity index is 1790. The Morgan fingerprint density at radius 2 is 1.00 bits per heavy atom. The number of anilines is 2. The summed E-state index contributed by atoms with van der Waals surface area (Å²) >= 11 is 6.62. The molecule has 4 N–H and O–H groups in total. The van der Waals surface area contributed by atoms with Crippen molar-refractivity contribution in [1.29, 1.82) is 0 Å². The molecular weight excluding hydrogens is 847 g/mol. The first-order chi connectivity index (χ1) is 22.7. The predicted molar refractivity (Wildman–Crippen MR) is 179 cm³/mol. The van der Waals surface area contributed by atoms with Crippen molar-refractivity contribution in [2.75, 3.05) is 36.0 Å². The summed E-state index contributed by atoms with van der Waals surface area (Å²) in [7, 11) is 0. The fraction of sp³-hybridized carbons (Fsp3) is 0.310. The van der Waals surface area contributed by atoms with Crippen LogP contribution in [0.25, 0.3) is 17.8 Å². The quantitative estimate of drug-likeness (QED) is 0.190. The molecule has 5 aromatic rings. The minimum atomic E-state index is -4.80. The molecule has 1 fully saturated rings. The Balaban J connectivity index is 0.000000372. The van der Waals surface area contributed by atoms with E-state index in [9.17, 15) is 31.4 Å². The van der Waals surface area contributed by atoms with E-state index in [-0.39, 0.29) is 65.0 Å². The maximum Gasteiger partial charge on any atom is 1.00 e. The second-order valence-corrected chi connectivity index (χ2v) is 12.1. The van der Waals surface area contributed by atoms with Crippen molar-refractivity contribution in [2.24, 2.45) is 0 Å². The van der Waals surface area contributed by atoms with E-state index in [0.717, 1.165) is 62.6 Å². The zero-order valence-corrected chi connectivity index (χ0v) is 32.2. The minimum absolute atomic E-state index is 0. The topological polar surface area (TPSA) is 168 Å². The van der Waals surface area contributed by atoms with Gasteiger partial charge in [0.1, 0.15) is 11.4 Å². The van der Waals surface area contributed by atoms with Gasteiger partial charge in [0, 0.05) is 47.0 Å². The Labute approximate surface area is 347 Å². The summed E-state index contributed by atoms with van der Waals surface area (Å²) in [5.41, 5.74) is 0.948. The number of piperazine rings is 1. The van der Waals surface area contributed by atoms with Crippen LogP contribution in [0.5, 0.6) is 0 Å². The molecule has 0 saturated carbocycles. The number of hydrogen-bond acceptors (Lipinski definition) is 10. The van der Waals surface area contributed by atoms with Gasteiger partial charge in [0.05, 0.1) is 24.3 Å². The van der Waals surface area contributed by atoms with Crippen LogP contribution in [-0.4, -0.2) is 88.7 Å². The maximum atomic E-state index is 12.6. The molecule has 6 rings (SSSR count). The second-order valence-electron chi connectivity index (χ2n) is 10.2. The molecular formula is C29H30Br2F6KN11O2. The van der Waals surface area contributed by atoms with Gasteiger partial charge in [-0.1, -0.05) is 33.8 Å². The molecule has 4 aromatic heterocycles. The number of nitrogens with two attached hydrogens (primary N) is 1. The second kappa shape index (κ2) is 19.0. The van der Waals surface area contributed by atoms with Crippen molar-refractivity contribution in [3.8, 4) is 11.6 Å². The number of pyridine rings is 2. The number of hydrogen-bond donors (Lipinski definition) is 2. The van der Waals surface area contributed by atoms with E-state index < -0.39 is 35.9 Å². The fourth-order valence-electron chi connectivity index (χ4n) is 4.44. The molecule has 5 heterocycles. The first kappa shape index (κ1) is 44.6. The molecule has 0 amide bonds. The molecule has 1 aliphatic heterocycles. The molecule has 13 nitrogen and oxygen atoms in total. The van der Waals surface area contributed by atoms with Crippen LogP contribution in [0.3, 0.4) is 0 Å². The van der Waals surface area contributed by atoms with Crippen molar-refractivity contribution < 1.29 is 87.9 Å². The van der Waals surface area contributed by atoms with Crippen LogP contribution in [0.1, 0.15) is 31.0 Å². The largest absolute Gasteiger partial charge is 1.00 e. The van der Waals surface area contributed by atoms with Crippen molar-refractivity contribution in [3.05, 3.63) is 99.8 Å². The smallest absolute Gasteiger partial charge is 0.693 e. The molecule has 2 atom stereocenters. The van der Waals surface area contributed by atoms with Gasteiger partial charge in [0.15, 0.2) is 23.8 Å². The first-order valence-corrected chi connectivity index (χ1v) is 15.5. The Kier molecular flexibility index (Phi) is 16.6. The summed E-state index contributed by atoms with van der Waals surface area (Å²) in [6, 6.07) is 14.9. The fourth-order valence-corrected chi connectivity index (χ4v) is 4.94. The summed E-state index contributed by atoms with van der Waals surface area (Å²) in [5.74, 6) is 0.617. The molecule has 270 valence electrons. The molecule has 1 saturated heterocycles. The number of aliphatic hydroxyl groups excluding tert-OH is 2. The van der Waals surface area contributed by atoms with Crippen LogP contribution in [-0.2, 0) is 0 Å². The molecule has 22 heteroatoms. The average Bonchev–Trinajstić information content (AvgIpc) is 3.76. The van der Waals surface area contributed by atoms with Gasteiger partial charge >= 0.3 is 63.7 Å². The summed E-state index contributed by atoms with van der Waals surface area (Å²) in [6.45, 7) is 3.38. The Morgan fingerprint density at radius 3 is 1.39 bits per heavy atom. The summed E-state index contributed by atoms with van der Waals surface area (Å²) < 4.78 is 78.5. The normalized spacial score (nSPS) is 14.2. The van der Waals surface area contributed by atoms with E-state index in [4.69, 9.17) is 5.11 Å². The first-order valence-electron chi connectivity index (χ1n) is 13.9. The van der Waals surface area contributed by atoms with Gasteiger partial charge in [0.25, 0.3) is 0 Å². The van der Waals surface area contributed by atoms with E-state index >= 15 is 0 Å². The van der Waals surface area contributed by atoms with E-state index in [0.29, 0.717) is 11.6 Å².